The highest BCUT2D eigenvalue weighted by Crippen LogP contribution is 2.30. The second kappa shape index (κ2) is 10.7. The summed E-state index contributed by atoms with van der Waals surface area (Å²) in [5, 5.41) is 15.8. The molecule has 0 spiro atoms. The first-order valence-electron chi connectivity index (χ1n) is 12.1. The maximum atomic E-state index is 13.7. The molecule has 1 aromatic heterocycles. The molecule has 1 saturated heterocycles. The number of aryl methyl sites for hydroxylation is 4. The molecule has 1 N–H and O–H groups in total. The fourth-order valence-corrected chi connectivity index (χ4v) is 6.60. The van der Waals surface area contributed by atoms with E-state index in [2.05, 4.69) is 22.6 Å². The Labute approximate surface area is 217 Å². The van der Waals surface area contributed by atoms with Gasteiger partial charge in [0.25, 0.3) is 0 Å². The highest BCUT2D eigenvalue weighted by Gasteiger charge is 2.37. The standard InChI is InChI=1S/C28H30N4O4S/c1-18-13-19(2)25(20(3)14-18)10-11-26-27(21(4)31-36-26)37(34,35)32-12-6-8-23(17-32)28(33)30-24-9-5-7-22(15-24)16-29/h5,7,9-11,13-15,23H,6,8,12,17H2,1-4H3,(H,30,33)/b11-10+. The minimum atomic E-state index is -3.96. The third kappa shape index (κ3) is 5.66. The number of anilines is 1. The third-order valence-electron chi connectivity index (χ3n) is 6.58. The Morgan fingerprint density at radius 1 is 1.16 bits per heavy atom. The van der Waals surface area contributed by atoms with Crippen LogP contribution in [0.1, 0.15) is 52.1 Å². The molecule has 1 aliphatic rings. The van der Waals surface area contributed by atoms with E-state index < -0.39 is 15.9 Å². The highest BCUT2D eigenvalue weighted by molar-refractivity contribution is 7.89. The second-order valence-corrected chi connectivity index (χ2v) is 11.4. The van der Waals surface area contributed by atoms with Gasteiger partial charge in [-0.3, -0.25) is 4.79 Å². The Balaban J connectivity index is 1.56. The second-order valence-electron chi connectivity index (χ2n) is 9.49. The van der Waals surface area contributed by atoms with Crippen molar-refractivity contribution in [3.05, 3.63) is 75.7 Å². The summed E-state index contributed by atoms with van der Waals surface area (Å²) in [6.45, 7) is 8.02. The summed E-state index contributed by atoms with van der Waals surface area (Å²) in [5.41, 5.74) is 5.54. The number of aromatic nitrogens is 1. The van der Waals surface area contributed by atoms with Gasteiger partial charge in [0.1, 0.15) is 5.69 Å². The Bertz CT molecular complexity index is 1490. The van der Waals surface area contributed by atoms with Crippen molar-refractivity contribution in [2.24, 2.45) is 5.92 Å². The van der Waals surface area contributed by atoms with Crippen molar-refractivity contribution in [2.75, 3.05) is 18.4 Å². The van der Waals surface area contributed by atoms with Gasteiger partial charge in [0.2, 0.25) is 15.9 Å². The normalized spacial score (nSPS) is 16.6. The summed E-state index contributed by atoms with van der Waals surface area (Å²) in [6.07, 6.45) is 4.61. The molecule has 8 nitrogen and oxygen atoms in total. The molecule has 0 bridgehead atoms. The molecule has 4 rings (SSSR count). The van der Waals surface area contributed by atoms with Crippen LogP contribution in [0.15, 0.2) is 45.8 Å². The SMILES string of the molecule is Cc1cc(C)c(/C=C/c2onc(C)c2S(=O)(=O)N2CCCC(C(=O)Nc3cccc(C#N)c3)C2)c(C)c1. The van der Waals surface area contributed by atoms with Gasteiger partial charge in [0.05, 0.1) is 17.6 Å². The van der Waals surface area contributed by atoms with Gasteiger partial charge < -0.3 is 9.84 Å². The van der Waals surface area contributed by atoms with E-state index in [1.165, 1.54) is 4.31 Å². The third-order valence-corrected chi connectivity index (χ3v) is 8.61. The Hall–Kier alpha value is -3.74. The lowest BCUT2D eigenvalue weighted by molar-refractivity contribution is -0.120. The van der Waals surface area contributed by atoms with E-state index >= 15 is 0 Å². The summed E-state index contributed by atoms with van der Waals surface area (Å²) in [4.78, 5) is 13.0. The number of sulfonamides is 1. The number of carbonyl (C=O) groups excluding carboxylic acids is 1. The molecular weight excluding hydrogens is 488 g/mol. The van der Waals surface area contributed by atoms with E-state index in [0.29, 0.717) is 30.6 Å². The van der Waals surface area contributed by atoms with Crippen LogP contribution in [0.5, 0.6) is 0 Å². The van der Waals surface area contributed by atoms with Gasteiger partial charge in [-0.15, -0.1) is 0 Å². The van der Waals surface area contributed by atoms with Crippen molar-refractivity contribution in [2.45, 2.75) is 45.4 Å². The van der Waals surface area contributed by atoms with Gasteiger partial charge in [-0.05, 0) is 81.5 Å². The Morgan fingerprint density at radius 2 is 1.89 bits per heavy atom. The predicted molar refractivity (Wildman–Crippen MR) is 142 cm³/mol. The zero-order valence-electron chi connectivity index (χ0n) is 21.4. The molecular formula is C28H30N4O4S. The molecule has 0 aliphatic carbocycles. The maximum Gasteiger partial charge on any atom is 0.248 e. The Kier molecular flexibility index (Phi) is 7.62. The lowest BCUT2D eigenvalue weighted by Crippen LogP contribution is -2.43. The van der Waals surface area contributed by atoms with Crippen LogP contribution in [0.4, 0.5) is 5.69 Å². The minimum absolute atomic E-state index is 0.0222. The molecule has 3 aromatic rings. The first-order valence-corrected chi connectivity index (χ1v) is 13.6. The summed E-state index contributed by atoms with van der Waals surface area (Å²) >= 11 is 0. The van der Waals surface area contributed by atoms with Crippen LogP contribution < -0.4 is 5.32 Å². The van der Waals surface area contributed by atoms with Crippen molar-refractivity contribution in [3.8, 4) is 6.07 Å². The average Bonchev–Trinajstić information content (AvgIpc) is 3.24. The fourth-order valence-electron chi connectivity index (χ4n) is 4.83. The molecule has 2 aromatic carbocycles. The maximum absolute atomic E-state index is 13.7. The van der Waals surface area contributed by atoms with Gasteiger partial charge in [0, 0.05) is 18.8 Å². The van der Waals surface area contributed by atoms with E-state index in [1.807, 2.05) is 32.9 Å². The van der Waals surface area contributed by atoms with E-state index in [1.54, 1.807) is 37.3 Å². The van der Waals surface area contributed by atoms with Gasteiger partial charge in [-0.25, -0.2) is 8.42 Å². The zero-order chi connectivity index (χ0) is 26.7. The van der Waals surface area contributed by atoms with Gasteiger partial charge >= 0.3 is 0 Å². The number of nitrogens with one attached hydrogen (secondary N) is 1. The molecule has 9 heteroatoms. The lowest BCUT2D eigenvalue weighted by atomic mass is 9.98. The average molecular weight is 519 g/mol. The number of amides is 1. The summed E-state index contributed by atoms with van der Waals surface area (Å²) in [6, 6.07) is 12.8. The van der Waals surface area contributed by atoms with Crippen LogP contribution in [-0.4, -0.2) is 36.9 Å². The number of hydrogen-bond donors (Lipinski definition) is 1. The monoisotopic (exact) mass is 518 g/mol. The lowest BCUT2D eigenvalue weighted by Gasteiger charge is -2.31. The van der Waals surface area contributed by atoms with Crippen LogP contribution >= 0.6 is 0 Å². The number of rotatable bonds is 6. The highest BCUT2D eigenvalue weighted by atomic mass is 32.2. The van der Waals surface area contributed by atoms with Crippen LogP contribution in [0.25, 0.3) is 12.2 Å². The molecule has 1 amide bonds. The van der Waals surface area contributed by atoms with Crippen LogP contribution in [-0.2, 0) is 14.8 Å². The molecule has 192 valence electrons. The number of benzene rings is 2. The fraction of sp³-hybridized carbons (Fsp3) is 0.321. The molecule has 0 saturated carbocycles. The van der Waals surface area contributed by atoms with E-state index in [9.17, 15) is 13.2 Å². The molecule has 37 heavy (non-hydrogen) atoms. The number of carbonyl (C=O) groups is 1. The van der Waals surface area contributed by atoms with Crippen molar-refractivity contribution in [3.63, 3.8) is 0 Å². The van der Waals surface area contributed by atoms with Crippen LogP contribution in [0.3, 0.4) is 0 Å². The number of nitriles is 1. The summed E-state index contributed by atoms with van der Waals surface area (Å²) in [7, 11) is -3.96. The zero-order valence-corrected chi connectivity index (χ0v) is 22.2. The van der Waals surface area contributed by atoms with Crippen LogP contribution in [0.2, 0.25) is 0 Å². The summed E-state index contributed by atoms with van der Waals surface area (Å²) in [5.74, 6) is -0.634. The summed E-state index contributed by atoms with van der Waals surface area (Å²) < 4.78 is 34.2. The minimum Gasteiger partial charge on any atom is -0.355 e. The van der Waals surface area contributed by atoms with E-state index in [-0.39, 0.29) is 28.8 Å². The smallest absolute Gasteiger partial charge is 0.248 e. The first kappa shape index (κ1) is 26.3. The predicted octanol–water partition coefficient (Wildman–Crippen LogP) is 4.99. The van der Waals surface area contributed by atoms with Crippen molar-refractivity contribution < 1.29 is 17.7 Å². The molecule has 1 fully saturated rings. The van der Waals surface area contributed by atoms with E-state index in [0.717, 1.165) is 22.3 Å². The molecule has 1 atom stereocenters. The van der Waals surface area contributed by atoms with Crippen LogP contribution in [0, 0.1) is 44.9 Å². The van der Waals surface area contributed by atoms with Gasteiger partial charge in [-0.2, -0.15) is 9.57 Å². The van der Waals surface area contributed by atoms with Gasteiger partial charge in [-0.1, -0.05) is 35.0 Å². The number of piperidine rings is 1. The molecule has 2 heterocycles. The van der Waals surface area contributed by atoms with Gasteiger partial charge in [0.15, 0.2) is 10.7 Å². The molecule has 1 unspecified atom stereocenters. The Morgan fingerprint density at radius 3 is 2.59 bits per heavy atom. The first-order chi connectivity index (χ1) is 17.6. The number of nitrogens with zero attached hydrogens (tertiary/aromatic N) is 3. The van der Waals surface area contributed by atoms with E-state index in [4.69, 9.17) is 9.78 Å². The number of hydrogen-bond acceptors (Lipinski definition) is 6. The van der Waals surface area contributed by atoms with Crippen molar-refractivity contribution in [1.82, 2.24) is 9.46 Å². The quantitative estimate of drug-likeness (QED) is 0.491. The van der Waals surface area contributed by atoms with Crippen molar-refractivity contribution in [1.29, 1.82) is 5.26 Å². The largest absolute Gasteiger partial charge is 0.355 e. The molecule has 0 radical (unpaired) electrons. The topological polar surface area (TPSA) is 116 Å². The van der Waals surface area contributed by atoms with Crippen molar-refractivity contribution >= 4 is 33.8 Å². The molecule has 1 aliphatic heterocycles.